The van der Waals surface area contributed by atoms with Gasteiger partial charge < -0.3 is 28.6 Å². The van der Waals surface area contributed by atoms with Crippen LogP contribution >= 0.6 is 0 Å². The summed E-state index contributed by atoms with van der Waals surface area (Å²) in [6.07, 6.45) is 62.3. The number of allylic oxidation sites excluding steroid dienone is 4. The normalized spacial score (nSPS) is 12.9. The summed E-state index contributed by atoms with van der Waals surface area (Å²) in [5, 5.41) is 11.7. The predicted molar refractivity (Wildman–Crippen MR) is 291 cm³/mol. The van der Waals surface area contributed by atoms with Gasteiger partial charge in [0, 0.05) is 19.3 Å². The third kappa shape index (κ3) is 50.5. The molecule has 0 bridgehead atoms. The number of aliphatic carboxylic acids is 1. The van der Waals surface area contributed by atoms with Gasteiger partial charge in [0.2, 0.25) is 0 Å². The number of esters is 2. The molecule has 0 fully saturated rings. The van der Waals surface area contributed by atoms with Crippen LogP contribution in [0.1, 0.15) is 296 Å². The van der Waals surface area contributed by atoms with Crippen molar-refractivity contribution < 1.29 is 38.2 Å². The van der Waals surface area contributed by atoms with E-state index in [0.717, 1.165) is 38.5 Å². The molecule has 0 N–H and O–H groups in total. The number of carbonyl (C=O) groups excluding carboxylic acids is 3. The predicted octanol–water partition coefficient (Wildman–Crippen LogP) is 16.6. The first-order valence-corrected chi connectivity index (χ1v) is 29.9. The van der Waals surface area contributed by atoms with Gasteiger partial charge >= 0.3 is 11.9 Å². The van der Waals surface area contributed by atoms with Gasteiger partial charge in [-0.2, -0.15) is 0 Å². The Balaban J connectivity index is 4.14. The molecule has 0 radical (unpaired) electrons. The maximum Gasteiger partial charge on any atom is 0.306 e. The third-order valence-corrected chi connectivity index (χ3v) is 13.8. The van der Waals surface area contributed by atoms with Crippen LogP contribution in [0.15, 0.2) is 24.3 Å². The number of hydrogen-bond donors (Lipinski definition) is 0. The number of rotatable bonds is 55. The topological polar surface area (TPSA) is 102 Å². The Hall–Kier alpha value is -2.19. The molecule has 0 aromatic heterocycles. The van der Waals surface area contributed by atoms with Gasteiger partial charge in [-0.1, -0.05) is 237 Å². The van der Waals surface area contributed by atoms with E-state index in [4.69, 9.17) is 14.2 Å². The second-order valence-corrected chi connectivity index (χ2v) is 21.6. The summed E-state index contributed by atoms with van der Waals surface area (Å²) in [5.74, 6) is -1.73. The van der Waals surface area contributed by atoms with E-state index in [2.05, 4.69) is 38.2 Å². The lowest BCUT2D eigenvalue weighted by Crippen LogP contribution is -2.55. The summed E-state index contributed by atoms with van der Waals surface area (Å²) in [6, 6.07) is -0.726. The van der Waals surface area contributed by atoms with Crippen LogP contribution in [0.2, 0.25) is 0 Å². The fourth-order valence-electron chi connectivity index (χ4n) is 9.18. The minimum atomic E-state index is -1.12. The molecule has 0 aliphatic rings. The zero-order chi connectivity index (χ0) is 50.6. The molecule has 69 heavy (non-hydrogen) atoms. The molecule has 0 saturated carbocycles. The average molecular weight is 975 g/mol. The van der Waals surface area contributed by atoms with Gasteiger partial charge in [-0.3, -0.25) is 9.59 Å². The van der Waals surface area contributed by atoms with Crippen molar-refractivity contribution in [2.24, 2.45) is 0 Å². The second-order valence-electron chi connectivity index (χ2n) is 21.6. The zero-order valence-electron chi connectivity index (χ0n) is 46.5. The lowest BCUT2D eigenvalue weighted by molar-refractivity contribution is -0.889. The highest BCUT2D eigenvalue weighted by Gasteiger charge is 2.25. The number of quaternary nitrogens is 1. The molecule has 0 aliphatic carbocycles. The molecular formula is C61H115NO7. The van der Waals surface area contributed by atoms with Gasteiger partial charge in [0.1, 0.15) is 12.6 Å². The number of ether oxygens (including phenoxy) is 3. The first-order chi connectivity index (χ1) is 33.6. The molecule has 0 rings (SSSR count). The van der Waals surface area contributed by atoms with Crippen LogP contribution in [-0.2, 0) is 28.6 Å². The molecule has 0 spiro atoms. The van der Waals surface area contributed by atoms with Gasteiger partial charge in [-0.25, -0.2) is 0 Å². The summed E-state index contributed by atoms with van der Waals surface area (Å²) in [7, 11) is 5.43. The van der Waals surface area contributed by atoms with Crippen molar-refractivity contribution in [3.8, 4) is 0 Å². The van der Waals surface area contributed by atoms with Gasteiger partial charge in [-0.05, 0) is 64.2 Å². The smallest absolute Gasteiger partial charge is 0.306 e. The molecule has 2 unspecified atom stereocenters. The summed E-state index contributed by atoms with van der Waals surface area (Å²) in [6.45, 7) is 4.71. The second kappa shape index (κ2) is 52.1. The Morgan fingerprint density at radius 1 is 0.420 bits per heavy atom. The molecule has 0 amide bonds. The summed E-state index contributed by atoms with van der Waals surface area (Å²) < 4.78 is 17.3. The minimum Gasteiger partial charge on any atom is -0.544 e. The van der Waals surface area contributed by atoms with E-state index in [9.17, 15) is 19.5 Å². The lowest BCUT2D eigenvalue weighted by atomic mass is 10.0. The summed E-state index contributed by atoms with van der Waals surface area (Å²) in [4.78, 5) is 37.2. The van der Waals surface area contributed by atoms with Crippen molar-refractivity contribution in [1.82, 2.24) is 0 Å². The highest BCUT2D eigenvalue weighted by atomic mass is 16.6. The lowest BCUT2D eigenvalue weighted by Gasteiger charge is -2.34. The number of carbonyl (C=O) groups is 3. The minimum absolute atomic E-state index is 0.0414. The first-order valence-electron chi connectivity index (χ1n) is 29.9. The number of carboxylic acids is 1. The molecule has 0 aliphatic heterocycles. The van der Waals surface area contributed by atoms with Crippen LogP contribution in [0.25, 0.3) is 0 Å². The fraction of sp³-hybridized carbons (Fsp3) is 0.885. The monoisotopic (exact) mass is 974 g/mol. The van der Waals surface area contributed by atoms with Gasteiger partial charge in [0.05, 0.1) is 40.3 Å². The standard InChI is InChI=1S/C61H115NO7/c1-6-8-10-12-14-16-18-20-22-24-26-28-30-32-33-35-37-39-41-43-45-47-49-51-59(63)68-56-57(55-67-54-53-58(61(65)66)62(3,4)5)69-60(64)52-50-48-46-44-42-40-38-36-34-31-29-27-25-23-21-19-17-15-13-11-9-7-2/h31-34,57-58H,6-30,35-56H2,1-5H3/b33-32+,34-31+. The molecule has 0 aromatic rings. The highest BCUT2D eigenvalue weighted by molar-refractivity contribution is 5.70. The van der Waals surface area contributed by atoms with Gasteiger partial charge in [0.25, 0.3) is 0 Å². The van der Waals surface area contributed by atoms with Gasteiger partial charge in [-0.15, -0.1) is 0 Å². The van der Waals surface area contributed by atoms with Crippen molar-refractivity contribution in [2.75, 3.05) is 41.0 Å². The van der Waals surface area contributed by atoms with Crippen molar-refractivity contribution in [1.29, 1.82) is 0 Å². The van der Waals surface area contributed by atoms with Crippen LogP contribution in [0.5, 0.6) is 0 Å². The molecule has 2 atom stereocenters. The maximum atomic E-state index is 12.8. The number of unbranched alkanes of at least 4 members (excludes halogenated alkanes) is 37. The fourth-order valence-corrected chi connectivity index (χ4v) is 9.18. The molecule has 8 nitrogen and oxygen atoms in total. The van der Waals surface area contributed by atoms with Crippen molar-refractivity contribution >= 4 is 17.9 Å². The van der Waals surface area contributed by atoms with Crippen LogP contribution in [-0.4, -0.2) is 75.5 Å². The van der Waals surface area contributed by atoms with Gasteiger partial charge in [0.15, 0.2) is 6.10 Å². The summed E-state index contributed by atoms with van der Waals surface area (Å²) in [5.41, 5.74) is 0. The molecule has 8 heteroatoms. The van der Waals surface area contributed by atoms with Crippen molar-refractivity contribution in [3.63, 3.8) is 0 Å². The molecule has 0 heterocycles. The molecule has 0 saturated heterocycles. The SMILES string of the molecule is CCCCCCCCCCCCC/C=C/CCCCCCCCCC(=O)OC(COCCC(C(=O)[O-])[N+](C)(C)C)COC(=O)CCCCCCCCC/C=C/CCCCCCCCCCCCCC. The zero-order valence-corrected chi connectivity index (χ0v) is 46.5. The Morgan fingerprint density at radius 3 is 1.04 bits per heavy atom. The number of carboxylic acid groups (broad SMARTS) is 1. The number of hydrogen-bond acceptors (Lipinski definition) is 7. The Morgan fingerprint density at radius 2 is 0.725 bits per heavy atom. The van der Waals surface area contributed by atoms with Crippen molar-refractivity contribution in [2.45, 2.75) is 309 Å². The van der Waals surface area contributed by atoms with E-state index in [-0.39, 0.29) is 42.7 Å². The van der Waals surface area contributed by atoms with E-state index in [1.165, 1.54) is 225 Å². The first kappa shape index (κ1) is 66.8. The quantitative estimate of drug-likeness (QED) is 0.0259. The van der Waals surface area contributed by atoms with E-state index >= 15 is 0 Å². The third-order valence-electron chi connectivity index (χ3n) is 13.8. The van der Waals surface area contributed by atoms with E-state index in [1.54, 1.807) is 0 Å². The summed E-state index contributed by atoms with van der Waals surface area (Å²) >= 11 is 0. The Labute approximate surface area is 428 Å². The van der Waals surface area contributed by atoms with Crippen molar-refractivity contribution in [3.05, 3.63) is 24.3 Å². The van der Waals surface area contributed by atoms with E-state index in [1.807, 2.05) is 21.1 Å². The van der Waals surface area contributed by atoms with E-state index in [0.29, 0.717) is 12.8 Å². The molecular weight excluding hydrogens is 859 g/mol. The van der Waals surface area contributed by atoms with Crippen LogP contribution in [0, 0.1) is 0 Å². The Bertz CT molecular complexity index is 1180. The van der Waals surface area contributed by atoms with E-state index < -0.39 is 18.1 Å². The molecule has 0 aromatic carbocycles. The Kier molecular flexibility index (Phi) is 50.5. The average Bonchev–Trinajstić information content (AvgIpc) is 3.31. The maximum absolute atomic E-state index is 12.8. The largest absolute Gasteiger partial charge is 0.544 e. The van der Waals surface area contributed by atoms with Crippen LogP contribution in [0.4, 0.5) is 0 Å². The van der Waals surface area contributed by atoms with Crippen LogP contribution in [0.3, 0.4) is 0 Å². The number of nitrogens with zero attached hydrogens (tertiary/aromatic N) is 1. The molecule has 406 valence electrons. The highest BCUT2D eigenvalue weighted by Crippen LogP contribution is 2.17. The van der Waals surface area contributed by atoms with Crippen LogP contribution < -0.4 is 5.11 Å². The number of likely N-dealkylation sites (N-methyl/N-ethyl adjacent to an activating group) is 1.